The summed E-state index contributed by atoms with van der Waals surface area (Å²) in [4.78, 5) is 14.9. The van der Waals surface area contributed by atoms with Gasteiger partial charge in [0.05, 0.1) is 11.5 Å². The largest absolute Gasteiger partial charge is 0.355 e. The van der Waals surface area contributed by atoms with Crippen molar-refractivity contribution >= 4 is 15.7 Å². The van der Waals surface area contributed by atoms with Crippen LogP contribution < -0.4 is 0 Å². The summed E-state index contributed by atoms with van der Waals surface area (Å²) in [5, 5.41) is 3.89. The molecule has 1 saturated heterocycles. The number of carbonyl (C=O) groups excluding carboxylic acids is 1. The molecule has 0 N–H and O–H groups in total. The predicted molar refractivity (Wildman–Crippen MR) is 115 cm³/mol. The Morgan fingerprint density at radius 1 is 1.16 bits per heavy atom. The van der Waals surface area contributed by atoms with Gasteiger partial charge in [0.15, 0.2) is 21.3 Å². The summed E-state index contributed by atoms with van der Waals surface area (Å²) in [6, 6.07) is 13.4. The summed E-state index contributed by atoms with van der Waals surface area (Å²) in [7, 11) is -3.18. The van der Waals surface area contributed by atoms with Gasteiger partial charge in [0.25, 0.3) is 5.91 Å². The van der Waals surface area contributed by atoms with Crippen LogP contribution in [-0.2, 0) is 16.4 Å². The lowest BCUT2D eigenvalue weighted by Crippen LogP contribution is -2.40. The normalized spacial score (nSPS) is 17.6. The van der Waals surface area contributed by atoms with E-state index in [1.165, 1.54) is 12.1 Å². The monoisotopic (exact) mass is 442 g/mol. The maximum atomic E-state index is 13.9. The minimum absolute atomic E-state index is 0.0576. The maximum Gasteiger partial charge on any atom is 0.276 e. The second-order valence-electron chi connectivity index (χ2n) is 8.02. The van der Waals surface area contributed by atoms with E-state index < -0.39 is 21.8 Å². The van der Waals surface area contributed by atoms with Crippen molar-refractivity contribution in [2.45, 2.75) is 32.9 Å². The van der Waals surface area contributed by atoms with E-state index in [1.807, 2.05) is 31.2 Å². The van der Waals surface area contributed by atoms with Crippen LogP contribution in [0.25, 0.3) is 11.3 Å². The molecule has 6 nitrogen and oxygen atoms in total. The minimum atomic E-state index is -3.18. The van der Waals surface area contributed by atoms with Gasteiger partial charge in [-0.3, -0.25) is 4.79 Å². The van der Waals surface area contributed by atoms with Crippen LogP contribution in [0.2, 0.25) is 0 Å². The van der Waals surface area contributed by atoms with Gasteiger partial charge in [0, 0.05) is 24.2 Å². The van der Waals surface area contributed by atoms with Gasteiger partial charge in [0.1, 0.15) is 5.82 Å². The Hall–Kier alpha value is -3.00. The zero-order chi connectivity index (χ0) is 22.2. The van der Waals surface area contributed by atoms with Gasteiger partial charge in [0.2, 0.25) is 0 Å². The summed E-state index contributed by atoms with van der Waals surface area (Å²) in [6.07, 6.45) is 0.383. The average Bonchev–Trinajstić information content (AvgIpc) is 3.36. The summed E-state index contributed by atoms with van der Waals surface area (Å²) >= 11 is 0. The van der Waals surface area contributed by atoms with Crippen molar-refractivity contribution in [2.24, 2.45) is 0 Å². The van der Waals surface area contributed by atoms with E-state index in [2.05, 4.69) is 5.16 Å². The molecule has 3 aromatic rings. The average molecular weight is 443 g/mol. The van der Waals surface area contributed by atoms with Crippen LogP contribution in [0.5, 0.6) is 0 Å². The quantitative estimate of drug-likeness (QED) is 0.598. The fraction of sp³-hybridized carbons (Fsp3) is 0.304. The zero-order valence-electron chi connectivity index (χ0n) is 17.3. The maximum absolute atomic E-state index is 13.9. The molecular formula is C23H23FN2O4S. The number of aryl methyl sites for hydroxylation is 2. The highest BCUT2D eigenvalue weighted by Gasteiger charge is 2.36. The number of rotatable bonds is 5. The number of carbonyl (C=O) groups is 1. The lowest BCUT2D eigenvalue weighted by Gasteiger charge is -2.27. The van der Waals surface area contributed by atoms with Gasteiger partial charge in [-0.05, 0) is 37.5 Å². The Labute approximate surface area is 180 Å². The Morgan fingerprint density at radius 3 is 2.55 bits per heavy atom. The SMILES string of the molecule is Cc1ccc(CN(C(=O)c2cc(-c3ccc(C)c(F)c3)on2)[C@@H]2CCS(=O)(=O)C2)cc1. The zero-order valence-corrected chi connectivity index (χ0v) is 18.2. The number of hydrogen-bond acceptors (Lipinski definition) is 5. The fourth-order valence-electron chi connectivity index (χ4n) is 3.68. The van der Waals surface area contributed by atoms with Crippen LogP contribution in [0.4, 0.5) is 4.39 Å². The van der Waals surface area contributed by atoms with Crippen molar-refractivity contribution in [3.63, 3.8) is 0 Å². The van der Waals surface area contributed by atoms with E-state index >= 15 is 0 Å². The molecular weight excluding hydrogens is 419 g/mol. The second kappa shape index (κ2) is 8.26. The smallest absolute Gasteiger partial charge is 0.276 e. The van der Waals surface area contributed by atoms with Crippen LogP contribution >= 0.6 is 0 Å². The van der Waals surface area contributed by atoms with E-state index in [0.29, 0.717) is 17.5 Å². The number of aromatic nitrogens is 1. The molecule has 0 spiro atoms. The molecule has 1 atom stereocenters. The molecule has 0 unspecified atom stereocenters. The van der Waals surface area contributed by atoms with Crippen molar-refractivity contribution in [1.29, 1.82) is 0 Å². The third-order valence-electron chi connectivity index (χ3n) is 5.57. The molecule has 1 aromatic heterocycles. The molecule has 8 heteroatoms. The first-order chi connectivity index (χ1) is 14.7. The number of halogens is 1. The van der Waals surface area contributed by atoms with Crippen molar-refractivity contribution in [1.82, 2.24) is 10.1 Å². The van der Waals surface area contributed by atoms with Gasteiger partial charge < -0.3 is 9.42 Å². The second-order valence-corrected chi connectivity index (χ2v) is 10.2. The molecule has 31 heavy (non-hydrogen) atoms. The van der Waals surface area contributed by atoms with Gasteiger partial charge in [-0.2, -0.15) is 0 Å². The Morgan fingerprint density at radius 2 is 1.90 bits per heavy atom. The highest BCUT2D eigenvalue weighted by Crippen LogP contribution is 2.26. The lowest BCUT2D eigenvalue weighted by molar-refractivity contribution is 0.0670. The molecule has 0 saturated carbocycles. The first-order valence-corrected chi connectivity index (χ1v) is 11.8. The number of benzene rings is 2. The first-order valence-electron chi connectivity index (χ1n) is 10.0. The van der Waals surface area contributed by atoms with Crippen LogP contribution in [0, 0.1) is 19.7 Å². The summed E-state index contributed by atoms with van der Waals surface area (Å²) in [6.45, 7) is 3.90. The van der Waals surface area contributed by atoms with Crippen molar-refractivity contribution in [2.75, 3.05) is 11.5 Å². The van der Waals surface area contributed by atoms with Crippen molar-refractivity contribution in [3.05, 3.63) is 76.7 Å². The molecule has 0 radical (unpaired) electrons. The Balaban J connectivity index is 1.63. The van der Waals surface area contributed by atoms with Crippen LogP contribution in [-0.4, -0.2) is 41.9 Å². The van der Waals surface area contributed by atoms with Gasteiger partial charge in [-0.1, -0.05) is 47.1 Å². The van der Waals surface area contributed by atoms with Crippen LogP contribution in [0.15, 0.2) is 53.1 Å². The first kappa shape index (κ1) is 21.2. The number of nitrogens with zero attached hydrogens (tertiary/aromatic N) is 2. The van der Waals surface area contributed by atoms with Crippen LogP contribution in [0.1, 0.15) is 33.6 Å². The third-order valence-corrected chi connectivity index (χ3v) is 7.32. The molecule has 0 aliphatic carbocycles. The van der Waals surface area contributed by atoms with E-state index in [1.54, 1.807) is 24.0 Å². The van der Waals surface area contributed by atoms with E-state index in [4.69, 9.17) is 4.52 Å². The number of hydrogen-bond donors (Lipinski definition) is 0. The summed E-state index contributed by atoms with van der Waals surface area (Å²) in [5.74, 6) is -0.527. The lowest BCUT2D eigenvalue weighted by atomic mass is 10.1. The topological polar surface area (TPSA) is 80.5 Å². The minimum Gasteiger partial charge on any atom is -0.355 e. The molecule has 1 amide bonds. The van der Waals surface area contributed by atoms with Gasteiger partial charge in [-0.15, -0.1) is 0 Å². The molecule has 1 aliphatic heterocycles. The fourth-order valence-corrected chi connectivity index (χ4v) is 5.41. The van der Waals surface area contributed by atoms with Crippen LogP contribution in [0.3, 0.4) is 0 Å². The molecule has 2 heterocycles. The van der Waals surface area contributed by atoms with Crippen molar-refractivity contribution in [3.8, 4) is 11.3 Å². The number of amides is 1. The molecule has 1 fully saturated rings. The van der Waals surface area contributed by atoms with E-state index in [-0.39, 0.29) is 35.3 Å². The Kier molecular flexibility index (Phi) is 5.66. The summed E-state index contributed by atoms with van der Waals surface area (Å²) < 4.78 is 43.3. The molecule has 2 aromatic carbocycles. The highest BCUT2D eigenvalue weighted by molar-refractivity contribution is 7.91. The molecule has 0 bridgehead atoms. The van der Waals surface area contributed by atoms with Gasteiger partial charge in [-0.25, -0.2) is 12.8 Å². The molecule has 1 aliphatic rings. The van der Waals surface area contributed by atoms with Gasteiger partial charge >= 0.3 is 0 Å². The molecule has 162 valence electrons. The standard InChI is InChI=1S/C23H23FN2O4S/c1-15-3-6-17(7-4-15)13-26(19-9-10-31(28,29)14-19)23(27)21-12-22(30-25-21)18-8-5-16(2)20(24)11-18/h3-8,11-12,19H,9-10,13-14H2,1-2H3/t19-/m1/s1. The third kappa shape index (κ3) is 4.69. The van der Waals surface area contributed by atoms with E-state index in [0.717, 1.165) is 11.1 Å². The van der Waals surface area contributed by atoms with Crippen molar-refractivity contribution < 1.29 is 22.1 Å². The summed E-state index contributed by atoms with van der Waals surface area (Å²) in [5.41, 5.74) is 3.03. The Bertz CT molecular complexity index is 1220. The molecule has 4 rings (SSSR count). The highest BCUT2D eigenvalue weighted by atomic mass is 32.2. The number of sulfone groups is 1. The predicted octanol–water partition coefficient (Wildman–Crippen LogP) is 3.93. The van der Waals surface area contributed by atoms with E-state index in [9.17, 15) is 17.6 Å².